The fourth-order valence-corrected chi connectivity index (χ4v) is 4.44. The zero-order valence-electron chi connectivity index (χ0n) is 20.8. The number of aliphatic hydroxyl groups is 1. The summed E-state index contributed by atoms with van der Waals surface area (Å²) in [4.78, 5) is 29.1. The quantitative estimate of drug-likeness (QED) is 0.496. The Morgan fingerprint density at radius 2 is 1.58 bits per heavy atom. The molecule has 1 aromatic carbocycles. The third kappa shape index (κ3) is 6.28. The average Bonchev–Trinajstić information content (AvgIpc) is 2.96. The molecule has 1 amide bonds. The summed E-state index contributed by atoms with van der Waals surface area (Å²) in [6, 6.07) is 3.76. The molecule has 0 aromatic heterocycles. The van der Waals surface area contributed by atoms with Crippen LogP contribution in [0.15, 0.2) is 33.4 Å². The summed E-state index contributed by atoms with van der Waals surface area (Å²) in [5.74, 6) is -1.07. The Balaban J connectivity index is 2.68. The number of rotatable bonds is 5. The van der Waals surface area contributed by atoms with Crippen LogP contribution in [0.25, 0.3) is 6.08 Å². The molecule has 0 saturated carbocycles. The summed E-state index contributed by atoms with van der Waals surface area (Å²) in [6.45, 7) is 15.8. The molecule has 180 valence electrons. The Morgan fingerprint density at radius 3 is 2.03 bits per heavy atom. The molecule has 1 heterocycles. The fourth-order valence-electron chi connectivity index (χ4n) is 3.41. The number of ether oxygens (including phenoxy) is 1. The lowest BCUT2D eigenvalue weighted by atomic mass is 9.78. The summed E-state index contributed by atoms with van der Waals surface area (Å²) in [6.07, 6.45) is 2.63. The van der Waals surface area contributed by atoms with E-state index in [2.05, 4.69) is 4.99 Å². The van der Waals surface area contributed by atoms with Crippen molar-refractivity contribution in [2.24, 2.45) is 4.99 Å². The minimum Gasteiger partial charge on any atom is -0.507 e. The largest absolute Gasteiger partial charge is 0.507 e. The van der Waals surface area contributed by atoms with Gasteiger partial charge in [-0.1, -0.05) is 60.2 Å². The van der Waals surface area contributed by atoms with Gasteiger partial charge in [-0.25, -0.2) is 9.79 Å². The predicted octanol–water partition coefficient (Wildman–Crippen LogP) is 6.18. The predicted molar refractivity (Wildman–Crippen MR) is 135 cm³/mol. The van der Waals surface area contributed by atoms with Crippen LogP contribution in [-0.2, 0) is 25.2 Å². The molecule has 0 atom stereocenters. The molecule has 1 aliphatic heterocycles. The van der Waals surface area contributed by atoms with Gasteiger partial charge in [0, 0.05) is 17.5 Å². The van der Waals surface area contributed by atoms with E-state index in [-0.39, 0.29) is 51.9 Å². The van der Waals surface area contributed by atoms with Gasteiger partial charge in [0.2, 0.25) is 5.91 Å². The molecule has 0 aliphatic carbocycles. The second kappa shape index (κ2) is 10.2. The smallest absolute Gasteiger partial charge is 0.344 e. The summed E-state index contributed by atoms with van der Waals surface area (Å²) in [5.41, 5.74) is 1.62. The molecule has 0 saturated heterocycles. The first kappa shape index (κ1) is 26.7. The van der Waals surface area contributed by atoms with Crippen LogP contribution in [0.5, 0.6) is 5.75 Å². The molecule has 0 spiro atoms. The number of aliphatic hydroxyl groups excluding tert-OH is 1. The van der Waals surface area contributed by atoms with Gasteiger partial charge < -0.3 is 14.9 Å². The molecular formula is C26H35NO5S. The van der Waals surface area contributed by atoms with Crippen LogP contribution in [0.2, 0.25) is 0 Å². The molecule has 0 bridgehead atoms. The van der Waals surface area contributed by atoms with Crippen LogP contribution in [0, 0.1) is 0 Å². The van der Waals surface area contributed by atoms with Crippen molar-refractivity contribution in [3.8, 4) is 5.75 Å². The number of carbonyl (C=O) groups is 2. The minimum absolute atomic E-state index is 0.0941. The molecule has 7 heteroatoms. The highest BCUT2D eigenvalue weighted by Crippen LogP contribution is 2.43. The van der Waals surface area contributed by atoms with Crippen LogP contribution in [0.1, 0.15) is 84.9 Å². The molecule has 0 fully saturated rings. The summed E-state index contributed by atoms with van der Waals surface area (Å²) in [7, 11) is 0. The van der Waals surface area contributed by atoms with E-state index in [0.717, 1.165) is 28.5 Å². The first-order valence-corrected chi connectivity index (χ1v) is 12.0. The number of hydrogen-bond donors (Lipinski definition) is 2. The maximum atomic E-state index is 12.5. The number of benzene rings is 1. The van der Waals surface area contributed by atoms with Gasteiger partial charge in [0.05, 0.1) is 11.5 Å². The topological polar surface area (TPSA) is 96.2 Å². The standard InChI is InChI=1S/C26H35NO5S/c1-9-11-19(28)27-23-20(24(31)32-10-2)22(30)18(33-23)14-15-12-16(25(3,4)5)21(29)17(13-15)26(6,7)8/h12-14,29-30H,9-11H2,1-8H3/b18-14-,27-23?. The van der Waals surface area contributed by atoms with Gasteiger partial charge in [0.1, 0.15) is 22.1 Å². The highest BCUT2D eigenvalue weighted by Gasteiger charge is 2.34. The number of phenolic OH excluding ortho intramolecular Hbond substituents is 1. The summed E-state index contributed by atoms with van der Waals surface area (Å²) < 4.78 is 5.09. The minimum atomic E-state index is -0.717. The van der Waals surface area contributed by atoms with Crippen LogP contribution >= 0.6 is 11.8 Å². The van der Waals surface area contributed by atoms with Crippen molar-refractivity contribution >= 4 is 34.8 Å². The average molecular weight is 474 g/mol. The van der Waals surface area contributed by atoms with Crippen molar-refractivity contribution in [3.05, 3.63) is 45.1 Å². The van der Waals surface area contributed by atoms with E-state index in [4.69, 9.17) is 4.74 Å². The number of aliphatic imine (C=N–C) groups is 1. The third-order valence-corrected chi connectivity index (χ3v) is 6.13. The first-order chi connectivity index (χ1) is 15.2. The lowest BCUT2D eigenvalue weighted by Gasteiger charge is -2.28. The number of amides is 1. The van der Waals surface area contributed by atoms with E-state index in [1.165, 1.54) is 0 Å². The van der Waals surface area contributed by atoms with Crippen molar-refractivity contribution in [3.63, 3.8) is 0 Å². The Morgan fingerprint density at radius 1 is 1.03 bits per heavy atom. The molecule has 2 rings (SSSR count). The summed E-state index contributed by atoms with van der Waals surface area (Å²) >= 11 is 1.06. The molecular weight excluding hydrogens is 438 g/mol. The molecule has 1 aliphatic rings. The highest BCUT2D eigenvalue weighted by atomic mass is 32.2. The molecule has 2 N–H and O–H groups in total. The summed E-state index contributed by atoms with van der Waals surface area (Å²) in [5, 5.41) is 22.0. The maximum Gasteiger partial charge on any atom is 0.344 e. The van der Waals surface area contributed by atoms with E-state index >= 15 is 0 Å². The molecule has 0 unspecified atom stereocenters. The second-order valence-corrected chi connectivity index (χ2v) is 11.1. The highest BCUT2D eigenvalue weighted by molar-refractivity contribution is 8.18. The zero-order chi connectivity index (χ0) is 25.1. The SMILES string of the molecule is CCCC(=O)N=C1S/C(=C\c2cc(C(C)(C)C)c(O)c(C(C)(C)C)c2)C(O)=C1C(=O)OCC. The van der Waals surface area contributed by atoms with Crippen molar-refractivity contribution in [2.75, 3.05) is 6.61 Å². The van der Waals surface area contributed by atoms with E-state index in [0.29, 0.717) is 11.3 Å². The zero-order valence-corrected chi connectivity index (χ0v) is 21.6. The van der Waals surface area contributed by atoms with Crippen LogP contribution < -0.4 is 0 Å². The first-order valence-electron chi connectivity index (χ1n) is 11.2. The van der Waals surface area contributed by atoms with Gasteiger partial charge in [-0.05, 0) is 47.9 Å². The Kier molecular flexibility index (Phi) is 8.22. The van der Waals surface area contributed by atoms with Crippen LogP contribution in [0.4, 0.5) is 0 Å². The normalized spacial score (nSPS) is 17.2. The number of thioether (sulfide) groups is 1. The van der Waals surface area contributed by atoms with Crippen LogP contribution in [0.3, 0.4) is 0 Å². The van der Waals surface area contributed by atoms with E-state index < -0.39 is 5.97 Å². The Labute approximate surface area is 200 Å². The number of esters is 1. The van der Waals surface area contributed by atoms with Gasteiger partial charge in [0.25, 0.3) is 0 Å². The van der Waals surface area contributed by atoms with Gasteiger partial charge in [-0.3, -0.25) is 4.79 Å². The van der Waals surface area contributed by atoms with Gasteiger partial charge in [-0.15, -0.1) is 0 Å². The monoisotopic (exact) mass is 473 g/mol. The molecule has 6 nitrogen and oxygen atoms in total. The number of aromatic hydroxyl groups is 1. The Bertz CT molecular complexity index is 1000. The third-order valence-electron chi connectivity index (χ3n) is 5.11. The molecule has 0 radical (unpaired) electrons. The molecule has 1 aromatic rings. The van der Waals surface area contributed by atoms with Gasteiger partial charge >= 0.3 is 5.97 Å². The maximum absolute atomic E-state index is 12.5. The van der Waals surface area contributed by atoms with Crippen molar-refractivity contribution < 1.29 is 24.5 Å². The fraction of sp³-hybridized carbons (Fsp3) is 0.500. The molecule has 33 heavy (non-hydrogen) atoms. The number of phenols is 1. The van der Waals surface area contributed by atoms with E-state index in [1.54, 1.807) is 13.0 Å². The number of carbonyl (C=O) groups excluding carboxylic acids is 2. The second-order valence-electron chi connectivity index (χ2n) is 10.1. The lowest BCUT2D eigenvalue weighted by Crippen LogP contribution is -2.17. The number of nitrogens with zero attached hydrogens (tertiary/aromatic N) is 1. The number of hydrogen-bond acceptors (Lipinski definition) is 6. The van der Waals surface area contributed by atoms with E-state index in [1.807, 2.05) is 60.6 Å². The van der Waals surface area contributed by atoms with Crippen molar-refractivity contribution in [1.29, 1.82) is 0 Å². The van der Waals surface area contributed by atoms with Crippen LogP contribution in [-0.4, -0.2) is 33.7 Å². The van der Waals surface area contributed by atoms with E-state index in [9.17, 15) is 19.8 Å². The van der Waals surface area contributed by atoms with Gasteiger partial charge in [0.15, 0.2) is 0 Å². The Hall–Kier alpha value is -2.54. The lowest BCUT2D eigenvalue weighted by molar-refractivity contribution is -0.138. The van der Waals surface area contributed by atoms with Gasteiger partial charge in [-0.2, -0.15) is 0 Å². The van der Waals surface area contributed by atoms with Crippen molar-refractivity contribution in [1.82, 2.24) is 0 Å². The van der Waals surface area contributed by atoms with Crippen molar-refractivity contribution in [2.45, 2.75) is 79.1 Å².